The Morgan fingerprint density at radius 3 is 2.37 bits per heavy atom. The number of amides is 2. The first-order valence-corrected chi connectivity index (χ1v) is 5.93. The molecule has 0 aliphatic rings. The van der Waals surface area contributed by atoms with Crippen LogP contribution < -0.4 is 10.6 Å². The summed E-state index contributed by atoms with van der Waals surface area (Å²) in [7, 11) is 0. The molecule has 0 unspecified atom stereocenters. The van der Waals surface area contributed by atoms with Crippen molar-refractivity contribution in [1.29, 1.82) is 0 Å². The SMILES string of the molecule is Cc1ccc(NC(=O)N[C@@H](C(=O)O)C(C)(C)C)cn1. The van der Waals surface area contributed by atoms with Crippen molar-refractivity contribution in [3.05, 3.63) is 24.0 Å². The molecule has 1 aromatic rings. The summed E-state index contributed by atoms with van der Waals surface area (Å²) in [6.07, 6.45) is 1.52. The number of carbonyl (C=O) groups is 2. The molecule has 0 radical (unpaired) electrons. The summed E-state index contributed by atoms with van der Waals surface area (Å²) >= 11 is 0. The number of carboxylic acid groups (broad SMARTS) is 1. The highest BCUT2D eigenvalue weighted by Crippen LogP contribution is 2.19. The van der Waals surface area contributed by atoms with Gasteiger partial charge in [-0.2, -0.15) is 0 Å². The van der Waals surface area contributed by atoms with Crippen molar-refractivity contribution in [2.75, 3.05) is 5.32 Å². The van der Waals surface area contributed by atoms with Crippen LogP contribution in [0, 0.1) is 12.3 Å². The molecule has 19 heavy (non-hydrogen) atoms. The maximum atomic E-state index is 11.7. The van der Waals surface area contributed by atoms with Crippen LogP contribution in [0.4, 0.5) is 10.5 Å². The van der Waals surface area contributed by atoms with Gasteiger partial charge in [0.25, 0.3) is 0 Å². The predicted molar refractivity (Wildman–Crippen MR) is 72.0 cm³/mol. The number of hydrogen-bond donors (Lipinski definition) is 3. The fourth-order valence-corrected chi connectivity index (χ4v) is 1.49. The Balaban J connectivity index is 2.68. The van der Waals surface area contributed by atoms with Crippen LogP contribution >= 0.6 is 0 Å². The Labute approximate surface area is 112 Å². The van der Waals surface area contributed by atoms with Gasteiger partial charge in [0.15, 0.2) is 0 Å². The van der Waals surface area contributed by atoms with Crippen molar-refractivity contribution < 1.29 is 14.7 Å². The largest absolute Gasteiger partial charge is 0.480 e. The first kappa shape index (κ1) is 14.9. The van der Waals surface area contributed by atoms with Crippen LogP contribution in [0.25, 0.3) is 0 Å². The molecule has 6 heteroatoms. The van der Waals surface area contributed by atoms with Crippen LogP contribution in [0.5, 0.6) is 0 Å². The predicted octanol–water partition coefficient (Wildman–Crippen LogP) is 2.01. The maximum Gasteiger partial charge on any atom is 0.326 e. The highest BCUT2D eigenvalue weighted by atomic mass is 16.4. The van der Waals surface area contributed by atoms with E-state index in [0.717, 1.165) is 5.69 Å². The standard InChI is InChI=1S/C13H19N3O3/c1-8-5-6-9(7-14-8)15-12(19)16-10(11(17)18)13(2,3)4/h5-7,10H,1-4H3,(H,17,18)(H2,15,16,19)/t10-/m0/s1. The molecule has 0 fully saturated rings. The summed E-state index contributed by atoms with van der Waals surface area (Å²) in [6.45, 7) is 7.09. The van der Waals surface area contributed by atoms with Gasteiger partial charge in [-0.25, -0.2) is 9.59 Å². The molecule has 0 bridgehead atoms. The summed E-state index contributed by atoms with van der Waals surface area (Å²) in [6, 6.07) is 1.93. The van der Waals surface area contributed by atoms with Crippen LogP contribution in [0.1, 0.15) is 26.5 Å². The number of aromatic nitrogens is 1. The zero-order valence-electron chi connectivity index (χ0n) is 11.5. The number of aliphatic carboxylic acids is 1. The first-order valence-electron chi connectivity index (χ1n) is 5.93. The monoisotopic (exact) mass is 265 g/mol. The van der Waals surface area contributed by atoms with Gasteiger partial charge in [-0.1, -0.05) is 20.8 Å². The molecule has 104 valence electrons. The summed E-state index contributed by atoms with van der Waals surface area (Å²) in [5.41, 5.74) is 0.777. The zero-order valence-corrected chi connectivity index (χ0v) is 11.5. The number of rotatable bonds is 3. The molecule has 1 rings (SSSR count). The van der Waals surface area contributed by atoms with Crippen LogP contribution in [0.15, 0.2) is 18.3 Å². The molecule has 1 aromatic heterocycles. The van der Waals surface area contributed by atoms with Crippen molar-refractivity contribution >= 4 is 17.7 Å². The van der Waals surface area contributed by atoms with E-state index in [4.69, 9.17) is 5.11 Å². The van der Waals surface area contributed by atoms with E-state index in [9.17, 15) is 9.59 Å². The lowest BCUT2D eigenvalue weighted by molar-refractivity contribution is -0.141. The average Bonchev–Trinajstić information content (AvgIpc) is 2.27. The molecular formula is C13H19N3O3. The Morgan fingerprint density at radius 2 is 1.95 bits per heavy atom. The highest BCUT2D eigenvalue weighted by molar-refractivity contribution is 5.92. The van der Waals surface area contributed by atoms with Gasteiger partial charge < -0.3 is 15.7 Å². The number of urea groups is 1. The minimum Gasteiger partial charge on any atom is -0.480 e. The first-order chi connectivity index (χ1) is 8.70. The molecule has 0 spiro atoms. The summed E-state index contributed by atoms with van der Waals surface area (Å²) in [5.74, 6) is -1.07. The van der Waals surface area contributed by atoms with Crippen molar-refractivity contribution in [2.45, 2.75) is 33.7 Å². The topological polar surface area (TPSA) is 91.3 Å². The van der Waals surface area contributed by atoms with E-state index in [2.05, 4.69) is 15.6 Å². The van der Waals surface area contributed by atoms with E-state index in [0.29, 0.717) is 5.69 Å². The minimum atomic E-state index is -1.07. The molecule has 0 aromatic carbocycles. The third-order valence-corrected chi connectivity index (χ3v) is 2.56. The smallest absolute Gasteiger partial charge is 0.326 e. The Hall–Kier alpha value is -2.11. The average molecular weight is 265 g/mol. The Morgan fingerprint density at radius 1 is 1.32 bits per heavy atom. The molecular weight excluding hydrogens is 246 g/mol. The molecule has 3 N–H and O–H groups in total. The molecule has 2 amide bonds. The van der Waals surface area contributed by atoms with E-state index in [1.807, 2.05) is 6.92 Å². The maximum absolute atomic E-state index is 11.7. The van der Waals surface area contributed by atoms with E-state index in [-0.39, 0.29) is 0 Å². The van der Waals surface area contributed by atoms with Gasteiger partial charge in [0, 0.05) is 5.69 Å². The molecule has 0 saturated heterocycles. The van der Waals surface area contributed by atoms with E-state index < -0.39 is 23.5 Å². The molecule has 6 nitrogen and oxygen atoms in total. The zero-order chi connectivity index (χ0) is 14.6. The quantitative estimate of drug-likeness (QED) is 0.779. The van der Waals surface area contributed by atoms with Gasteiger partial charge in [-0.15, -0.1) is 0 Å². The number of nitrogens with zero attached hydrogens (tertiary/aromatic N) is 1. The lowest BCUT2D eigenvalue weighted by atomic mass is 9.87. The van der Waals surface area contributed by atoms with Gasteiger partial charge in [0.2, 0.25) is 0 Å². The summed E-state index contributed by atoms with van der Waals surface area (Å²) in [5, 5.41) is 14.1. The Kier molecular flexibility index (Phi) is 4.47. The third-order valence-electron chi connectivity index (χ3n) is 2.56. The normalized spacial score (nSPS) is 12.6. The number of pyridine rings is 1. The van der Waals surface area contributed by atoms with Gasteiger partial charge >= 0.3 is 12.0 Å². The molecule has 1 heterocycles. The van der Waals surface area contributed by atoms with Crippen LogP contribution in [-0.2, 0) is 4.79 Å². The second-order valence-corrected chi connectivity index (χ2v) is 5.42. The van der Waals surface area contributed by atoms with E-state index in [1.165, 1.54) is 6.20 Å². The lowest BCUT2D eigenvalue weighted by Crippen LogP contribution is -2.50. The van der Waals surface area contributed by atoms with Crippen molar-refractivity contribution in [3.63, 3.8) is 0 Å². The second kappa shape index (κ2) is 5.69. The van der Waals surface area contributed by atoms with Crippen molar-refractivity contribution in [2.24, 2.45) is 5.41 Å². The highest BCUT2D eigenvalue weighted by Gasteiger charge is 2.32. The number of anilines is 1. The third kappa shape index (κ3) is 4.57. The minimum absolute atomic E-state index is 0.515. The van der Waals surface area contributed by atoms with Gasteiger partial charge in [0.05, 0.1) is 11.9 Å². The fourth-order valence-electron chi connectivity index (χ4n) is 1.49. The summed E-state index contributed by atoms with van der Waals surface area (Å²) in [4.78, 5) is 26.9. The van der Waals surface area contributed by atoms with Crippen LogP contribution in [0.2, 0.25) is 0 Å². The number of nitrogens with one attached hydrogen (secondary N) is 2. The van der Waals surface area contributed by atoms with Gasteiger partial charge in [0.1, 0.15) is 6.04 Å². The molecule has 0 aliphatic heterocycles. The lowest BCUT2D eigenvalue weighted by Gasteiger charge is -2.27. The second-order valence-electron chi connectivity index (χ2n) is 5.42. The van der Waals surface area contributed by atoms with Gasteiger partial charge in [-0.05, 0) is 24.5 Å². The van der Waals surface area contributed by atoms with E-state index in [1.54, 1.807) is 32.9 Å². The number of carboxylic acids is 1. The molecule has 0 saturated carbocycles. The van der Waals surface area contributed by atoms with Gasteiger partial charge in [-0.3, -0.25) is 4.98 Å². The van der Waals surface area contributed by atoms with Crippen LogP contribution in [0.3, 0.4) is 0 Å². The molecule has 1 atom stereocenters. The van der Waals surface area contributed by atoms with Crippen LogP contribution in [-0.4, -0.2) is 28.1 Å². The van der Waals surface area contributed by atoms with E-state index >= 15 is 0 Å². The Bertz CT molecular complexity index is 463. The number of carbonyl (C=O) groups excluding carboxylic acids is 1. The number of aryl methyl sites for hydroxylation is 1. The summed E-state index contributed by atoms with van der Waals surface area (Å²) < 4.78 is 0. The fraction of sp³-hybridized carbons (Fsp3) is 0.462. The van der Waals surface area contributed by atoms with Crippen molar-refractivity contribution in [1.82, 2.24) is 10.3 Å². The number of hydrogen-bond acceptors (Lipinski definition) is 3. The molecule has 0 aliphatic carbocycles. The van der Waals surface area contributed by atoms with Crippen molar-refractivity contribution in [3.8, 4) is 0 Å².